The molecule has 188 valence electrons. The third kappa shape index (κ3) is 3.97. The number of benzene rings is 1. The predicted molar refractivity (Wildman–Crippen MR) is 130 cm³/mol. The number of hydrogen-bond acceptors (Lipinski definition) is 7. The largest absolute Gasteiger partial charge is 0.368 e. The van der Waals surface area contributed by atoms with Crippen molar-refractivity contribution in [2.45, 2.75) is 63.3 Å². The lowest BCUT2D eigenvalue weighted by atomic mass is 9.81. The van der Waals surface area contributed by atoms with E-state index in [1.807, 2.05) is 4.90 Å². The average Bonchev–Trinajstić information content (AvgIpc) is 3.14. The van der Waals surface area contributed by atoms with Gasteiger partial charge in [-0.2, -0.15) is 0 Å². The number of primary amides is 1. The molecule has 4 aliphatic rings. The first-order valence-electron chi connectivity index (χ1n) is 12.8. The van der Waals surface area contributed by atoms with Crippen LogP contribution in [0.25, 0.3) is 0 Å². The molecule has 0 unspecified atom stereocenters. The summed E-state index contributed by atoms with van der Waals surface area (Å²) in [4.78, 5) is 55.4. The molecule has 0 bridgehead atoms. The van der Waals surface area contributed by atoms with Crippen molar-refractivity contribution in [3.05, 3.63) is 28.3 Å². The maximum absolute atomic E-state index is 13.0. The number of likely N-dealkylation sites (tertiary alicyclic amines) is 1. The molecule has 1 saturated carbocycles. The van der Waals surface area contributed by atoms with E-state index in [-0.39, 0.29) is 40.9 Å². The van der Waals surface area contributed by atoms with E-state index in [1.165, 1.54) is 6.07 Å². The van der Waals surface area contributed by atoms with Crippen LogP contribution in [0.5, 0.6) is 0 Å². The summed E-state index contributed by atoms with van der Waals surface area (Å²) < 4.78 is 0. The lowest BCUT2D eigenvalue weighted by Gasteiger charge is -2.48. The second kappa shape index (κ2) is 9.22. The highest BCUT2D eigenvalue weighted by atomic mass is 16.6. The van der Waals surface area contributed by atoms with Gasteiger partial charge < -0.3 is 10.6 Å². The number of nitro groups is 1. The predicted octanol–water partition coefficient (Wildman–Crippen LogP) is 2.58. The summed E-state index contributed by atoms with van der Waals surface area (Å²) >= 11 is 0. The first kappa shape index (κ1) is 23.7. The van der Waals surface area contributed by atoms with E-state index in [0.717, 1.165) is 50.1 Å². The van der Waals surface area contributed by atoms with Crippen LogP contribution in [-0.4, -0.2) is 59.3 Å². The third-order valence-electron chi connectivity index (χ3n) is 8.61. The first-order valence-corrected chi connectivity index (χ1v) is 12.8. The number of carbonyl (C=O) groups is 3. The molecule has 10 heteroatoms. The number of hydrogen-bond donors (Lipinski definition) is 1. The molecule has 10 nitrogen and oxygen atoms in total. The molecule has 3 aliphatic heterocycles. The van der Waals surface area contributed by atoms with E-state index in [2.05, 4.69) is 4.90 Å². The smallest absolute Gasteiger partial charge is 0.294 e. The van der Waals surface area contributed by atoms with Crippen LogP contribution in [0.4, 0.5) is 17.1 Å². The lowest BCUT2D eigenvalue weighted by molar-refractivity contribution is -0.384. The number of nitro benzene ring substituents is 1. The fourth-order valence-electron chi connectivity index (χ4n) is 6.64. The van der Waals surface area contributed by atoms with Crippen molar-refractivity contribution in [3.63, 3.8) is 0 Å². The van der Waals surface area contributed by atoms with Gasteiger partial charge in [-0.05, 0) is 63.7 Å². The number of amides is 3. The van der Waals surface area contributed by atoms with E-state index in [0.29, 0.717) is 44.5 Å². The van der Waals surface area contributed by atoms with Crippen LogP contribution in [0.15, 0.2) is 18.2 Å². The number of carbonyl (C=O) groups excluding carboxylic acids is 3. The van der Waals surface area contributed by atoms with E-state index < -0.39 is 10.5 Å². The molecule has 3 amide bonds. The van der Waals surface area contributed by atoms with Crippen LogP contribution in [0.3, 0.4) is 0 Å². The Morgan fingerprint density at radius 3 is 2.09 bits per heavy atom. The Kier molecular flexibility index (Phi) is 6.25. The van der Waals surface area contributed by atoms with E-state index >= 15 is 0 Å². The Labute approximate surface area is 204 Å². The number of rotatable bonds is 5. The average molecular weight is 484 g/mol. The second-order valence-corrected chi connectivity index (χ2v) is 10.4. The van der Waals surface area contributed by atoms with Gasteiger partial charge in [0.2, 0.25) is 17.7 Å². The monoisotopic (exact) mass is 483 g/mol. The fraction of sp³-hybridized carbons (Fsp3) is 0.640. The molecule has 0 aromatic heterocycles. The zero-order valence-electron chi connectivity index (χ0n) is 20.0. The molecule has 5 rings (SSSR count). The summed E-state index contributed by atoms with van der Waals surface area (Å²) in [6.45, 7) is 2.62. The summed E-state index contributed by atoms with van der Waals surface area (Å²) in [5.41, 5.74) is 5.74. The quantitative estimate of drug-likeness (QED) is 0.387. The Bertz CT molecular complexity index is 1020. The van der Waals surface area contributed by atoms with Crippen molar-refractivity contribution in [1.29, 1.82) is 0 Å². The van der Waals surface area contributed by atoms with E-state index in [1.54, 1.807) is 12.1 Å². The van der Waals surface area contributed by atoms with Crippen LogP contribution in [-0.2, 0) is 14.4 Å². The molecule has 35 heavy (non-hydrogen) atoms. The molecular formula is C25H33N5O5. The highest BCUT2D eigenvalue weighted by Crippen LogP contribution is 2.43. The van der Waals surface area contributed by atoms with E-state index in [4.69, 9.17) is 5.73 Å². The van der Waals surface area contributed by atoms with Gasteiger partial charge in [-0.3, -0.25) is 29.4 Å². The number of imide groups is 1. The number of fused-ring (bicyclic) bond motifs is 1. The zero-order chi connectivity index (χ0) is 24.7. The molecule has 0 spiro atoms. The Morgan fingerprint density at radius 2 is 1.54 bits per heavy atom. The number of nitrogens with two attached hydrogens (primary N) is 1. The standard InChI is InChI=1S/C25H33N5O5/c26-24(33)25(28-12-4-1-5-13-28)10-14-27(15-11-25)20-9-8-17(16-21(20)30(34)35)29-22(31)18-6-2-3-7-19(18)23(29)32/h8-9,16,18-19H,1-7,10-15H2,(H2,26,33)/t18-,19-/m1/s1. The summed E-state index contributed by atoms with van der Waals surface area (Å²) in [5, 5.41) is 12.0. The summed E-state index contributed by atoms with van der Waals surface area (Å²) in [6.07, 6.45) is 7.48. The minimum absolute atomic E-state index is 0.137. The van der Waals surface area contributed by atoms with Crippen molar-refractivity contribution in [1.82, 2.24) is 4.90 Å². The molecule has 4 fully saturated rings. The highest BCUT2D eigenvalue weighted by Gasteiger charge is 2.49. The van der Waals surface area contributed by atoms with Crippen LogP contribution in [0.1, 0.15) is 57.8 Å². The minimum atomic E-state index is -0.712. The Balaban J connectivity index is 1.39. The minimum Gasteiger partial charge on any atom is -0.368 e. The van der Waals surface area contributed by atoms with Gasteiger partial charge in [0, 0.05) is 19.2 Å². The SMILES string of the molecule is NC(=O)C1(N2CCCCC2)CCN(c2ccc(N3C(=O)[C@@H]4CCCC[C@H]4C3=O)cc2[N+](=O)[O-])CC1. The number of anilines is 2. The van der Waals surface area contributed by atoms with Gasteiger partial charge >= 0.3 is 0 Å². The fourth-order valence-corrected chi connectivity index (χ4v) is 6.64. The summed E-state index contributed by atoms with van der Waals surface area (Å²) in [5.74, 6) is -1.43. The van der Waals surface area contributed by atoms with Crippen molar-refractivity contribution >= 4 is 34.8 Å². The van der Waals surface area contributed by atoms with Gasteiger partial charge in [0.25, 0.3) is 5.69 Å². The van der Waals surface area contributed by atoms with Crippen LogP contribution < -0.4 is 15.5 Å². The van der Waals surface area contributed by atoms with Crippen molar-refractivity contribution in [3.8, 4) is 0 Å². The molecule has 1 aromatic carbocycles. The number of nitrogens with zero attached hydrogens (tertiary/aromatic N) is 4. The molecule has 0 radical (unpaired) electrons. The van der Waals surface area contributed by atoms with Gasteiger partial charge in [0.1, 0.15) is 11.2 Å². The Hall–Kier alpha value is -3.01. The third-order valence-corrected chi connectivity index (χ3v) is 8.61. The van der Waals surface area contributed by atoms with Crippen LogP contribution in [0, 0.1) is 22.0 Å². The maximum Gasteiger partial charge on any atom is 0.294 e. The van der Waals surface area contributed by atoms with Crippen molar-refractivity contribution < 1.29 is 19.3 Å². The lowest BCUT2D eigenvalue weighted by Crippen LogP contribution is -2.63. The zero-order valence-corrected chi connectivity index (χ0v) is 20.0. The van der Waals surface area contributed by atoms with Gasteiger partial charge in [-0.1, -0.05) is 19.3 Å². The highest BCUT2D eigenvalue weighted by molar-refractivity contribution is 6.22. The van der Waals surface area contributed by atoms with Gasteiger partial charge in [0.15, 0.2) is 0 Å². The van der Waals surface area contributed by atoms with Crippen LogP contribution >= 0.6 is 0 Å². The Morgan fingerprint density at radius 1 is 0.943 bits per heavy atom. The van der Waals surface area contributed by atoms with Crippen molar-refractivity contribution in [2.24, 2.45) is 17.6 Å². The van der Waals surface area contributed by atoms with Gasteiger partial charge in [-0.25, -0.2) is 4.90 Å². The molecule has 3 heterocycles. The first-order chi connectivity index (χ1) is 16.8. The molecular weight excluding hydrogens is 450 g/mol. The molecule has 3 saturated heterocycles. The van der Waals surface area contributed by atoms with Gasteiger partial charge in [-0.15, -0.1) is 0 Å². The molecule has 2 atom stereocenters. The van der Waals surface area contributed by atoms with Crippen LogP contribution in [0.2, 0.25) is 0 Å². The normalized spacial score (nSPS) is 27.1. The number of piperidine rings is 2. The molecule has 1 aromatic rings. The second-order valence-electron chi connectivity index (χ2n) is 10.4. The molecule has 1 aliphatic carbocycles. The molecule has 2 N–H and O–H groups in total. The maximum atomic E-state index is 13.0. The summed E-state index contributed by atoms with van der Waals surface area (Å²) in [7, 11) is 0. The topological polar surface area (TPSA) is 130 Å². The van der Waals surface area contributed by atoms with Crippen molar-refractivity contribution in [2.75, 3.05) is 36.0 Å². The van der Waals surface area contributed by atoms with Gasteiger partial charge in [0.05, 0.1) is 22.4 Å². The van der Waals surface area contributed by atoms with E-state index in [9.17, 15) is 24.5 Å². The summed E-state index contributed by atoms with van der Waals surface area (Å²) in [6, 6.07) is 4.62.